The summed E-state index contributed by atoms with van der Waals surface area (Å²) in [6, 6.07) is 4.73. The Morgan fingerprint density at radius 1 is 1.12 bits per heavy atom. The van der Waals surface area contributed by atoms with E-state index in [1.54, 1.807) is 0 Å². The van der Waals surface area contributed by atoms with Crippen LogP contribution >= 0.6 is 0 Å². The van der Waals surface area contributed by atoms with Crippen LogP contribution in [0.2, 0.25) is 0 Å². The third-order valence-corrected chi connectivity index (χ3v) is 3.05. The van der Waals surface area contributed by atoms with Gasteiger partial charge in [0.25, 0.3) is 12.3 Å². The highest BCUT2D eigenvalue weighted by molar-refractivity contribution is 5.91. The van der Waals surface area contributed by atoms with Crippen molar-refractivity contribution < 1.29 is 22.7 Å². The quantitative estimate of drug-likeness (QED) is 0.142. The molecule has 0 radical (unpaired) electrons. The Morgan fingerprint density at radius 2 is 1.69 bits per heavy atom. The molecule has 0 saturated carbocycles. The predicted molar refractivity (Wildman–Crippen MR) is 90.0 cm³/mol. The number of hydrogen-bond donors (Lipinski definition) is 5. The molecule has 26 heavy (non-hydrogen) atoms. The molecule has 142 valence electrons. The van der Waals surface area contributed by atoms with Crippen LogP contribution in [-0.2, 0) is 9.53 Å². The number of alkyl halides is 2. The average Bonchev–Trinajstić information content (AvgIpc) is 2.59. The molecule has 0 aliphatic carbocycles. The Hall–Kier alpha value is -3.34. The molecule has 0 saturated heterocycles. The first kappa shape index (κ1) is 20.7. The van der Waals surface area contributed by atoms with Gasteiger partial charge in [0.2, 0.25) is 0 Å². The largest absolute Gasteiger partial charge is 0.473 e. The van der Waals surface area contributed by atoms with Gasteiger partial charge in [0.1, 0.15) is 12.4 Å². The third-order valence-electron chi connectivity index (χ3n) is 3.05. The van der Waals surface area contributed by atoms with E-state index in [9.17, 15) is 18.0 Å². The molecule has 0 spiro atoms. The molecule has 0 aliphatic heterocycles. The van der Waals surface area contributed by atoms with Gasteiger partial charge in [-0.1, -0.05) is 0 Å². The second-order valence-corrected chi connectivity index (χ2v) is 4.89. The molecule has 1 rings (SSSR count). The van der Waals surface area contributed by atoms with Crippen LogP contribution in [0, 0.1) is 5.82 Å². The van der Waals surface area contributed by atoms with Crippen LogP contribution in [-0.4, -0.2) is 18.9 Å². The number of amides is 1. The molecule has 1 amide bonds. The fourth-order valence-electron chi connectivity index (χ4n) is 1.63. The van der Waals surface area contributed by atoms with Crippen molar-refractivity contribution in [1.82, 2.24) is 0 Å². The van der Waals surface area contributed by atoms with E-state index in [4.69, 9.17) is 33.5 Å². The van der Waals surface area contributed by atoms with Crippen molar-refractivity contribution >= 4 is 11.6 Å². The molecular weight excluding hydrogens is 353 g/mol. The minimum Gasteiger partial charge on any atom is -0.473 e. The molecule has 0 atom stereocenters. The van der Waals surface area contributed by atoms with Crippen molar-refractivity contribution in [3.8, 4) is 0 Å². The van der Waals surface area contributed by atoms with E-state index in [-0.39, 0.29) is 23.0 Å². The number of primary amides is 1. The van der Waals surface area contributed by atoms with E-state index in [0.29, 0.717) is 0 Å². The fraction of sp³-hybridized carbons (Fsp3) is 0.133. The van der Waals surface area contributed by atoms with Gasteiger partial charge in [-0.3, -0.25) is 9.80 Å². The molecule has 0 aliphatic rings. The summed E-state index contributed by atoms with van der Waals surface area (Å²) in [5, 5.41) is 0.821. The molecule has 0 heterocycles. The van der Waals surface area contributed by atoms with Gasteiger partial charge in [-0.15, -0.1) is 0 Å². The van der Waals surface area contributed by atoms with Gasteiger partial charge in [-0.05, 0) is 36.4 Å². The summed E-state index contributed by atoms with van der Waals surface area (Å²) >= 11 is 0. The summed E-state index contributed by atoms with van der Waals surface area (Å²) in [4.78, 5) is 10.8. The number of nitrogens with two attached hydrogens (primary N) is 5. The van der Waals surface area contributed by atoms with Crippen LogP contribution < -0.4 is 33.8 Å². The summed E-state index contributed by atoms with van der Waals surface area (Å²) in [5.41, 5.74) is 19.9. The summed E-state index contributed by atoms with van der Waals surface area (Å²) in [6.45, 7) is -0.531. The number of hydrazine groups is 1. The zero-order valence-corrected chi connectivity index (χ0v) is 13.5. The Balaban J connectivity index is 3.01. The molecule has 11 heteroatoms. The number of rotatable bonds is 8. The molecule has 0 bridgehead atoms. The lowest BCUT2D eigenvalue weighted by atomic mass is 10.2. The van der Waals surface area contributed by atoms with Gasteiger partial charge in [0, 0.05) is 0 Å². The predicted octanol–water partition coefficient (Wildman–Crippen LogP) is 0.0858. The maximum Gasteiger partial charge on any atom is 0.279 e. The van der Waals surface area contributed by atoms with Crippen LogP contribution in [0.25, 0.3) is 0 Å². The van der Waals surface area contributed by atoms with Crippen molar-refractivity contribution in [2.45, 2.75) is 6.43 Å². The molecule has 0 aromatic heterocycles. The summed E-state index contributed by atoms with van der Waals surface area (Å²) in [6.07, 6.45) is -0.831. The van der Waals surface area contributed by atoms with E-state index >= 15 is 0 Å². The number of nitrogens with zero attached hydrogens (tertiary/aromatic N) is 1. The van der Waals surface area contributed by atoms with Crippen molar-refractivity contribution in [2.75, 3.05) is 11.6 Å². The van der Waals surface area contributed by atoms with E-state index in [1.165, 1.54) is 12.1 Å². The van der Waals surface area contributed by atoms with E-state index < -0.39 is 30.5 Å². The summed E-state index contributed by atoms with van der Waals surface area (Å²) < 4.78 is 44.0. The Morgan fingerprint density at radius 3 is 2.19 bits per heavy atom. The highest BCUT2D eigenvalue weighted by Gasteiger charge is 2.19. The van der Waals surface area contributed by atoms with Crippen LogP contribution in [0.15, 0.2) is 59.4 Å². The molecular formula is C15H19F3N6O2. The van der Waals surface area contributed by atoms with Crippen LogP contribution in [0.3, 0.4) is 0 Å². The van der Waals surface area contributed by atoms with Gasteiger partial charge in [0.05, 0.1) is 22.8 Å². The van der Waals surface area contributed by atoms with Crippen LogP contribution in [0.4, 0.5) is 18.9 Å². The van der Waals surface area contributed by atoms with Gasteiger partial charge in [-0.25, -0.2) is 19.0 Å². The number of carbonyl (C=O) groups excluding carboxylic acids is 1. The first-order valence-electron chi connectivity index (χ1n) is 7.06. The van der Waals surface area contributed by atoms with Gasteiger partial charge in [-0.2, -0.15) is 0 Å². The van der Waals surface area contributed by atoms with Gasteiger partial charge >= 0.3 is 0 Å². The molecule has 8 nitrogen and oxygen atoms in total. The number of allylic oxidation sites excluding steroid dienone is 3. The summed E-state index contributed by atoms with van der Waals surface area (Å²) in [7, 11) is 0. The molecule has 0 unspecified atom stereocenters. The highest BCUT2D eigenvalue weighted by Crippen LogP contribution is 2.20. The standard InChI is InChI=1S/C15H19F3N6O2/c16-8-1-3-9(4-2-8)24(23)11(13(21)14(17)18)7-26-12(20)6-5-10(19)15(22)25/h1-6,14H,7,19-21,23H2,(H2,22,25)/b10-5-,12-6+,13-11-. The Bertz CT molecular complexity index is 731. The minimum atomic E-state index is -3.02. The molecule has 1 aromatic carbocycles. The summed E-state index contributed by atoms with van der Waals surface area (Å²) in [5.74, 6) is 4.11. The zero-order chi connectivity index (χ0) is 19.9. The number of ether oxygens (including phenoxy) is 1. The molecule has 10 N–H and O–H groups in total. The number of halogens is 3. The lowest BCUT2D eigenvalue weighted by Gasteiger charge is -2.24. The Labute approximate surface area is 147 Å². The monoisotopic (exact) mass is 372 g/mol. The maximum atomic E-state index is 13.0. The third kappa shape index (κ3) is 5.94. The molecule has 1 aromatic rings. The van der Waals surface area contributed by atoms with E-state index in [1.807, 2.05) is 0 Å². The highest BCUT2D eigenvalue weighted by atomic mass is 19.3. The lowest BCUT2D eigenvalue weighted by Crippen LogP contribution is -2.36. The van der Waals surface area contributed by atoms with Gasteiger partial charge < -0.3 is 27.7 Å². The van der Waals surface area contributed by atoms with E-state index in [0.717, 1.165) is 29.3 Å². The van der Waals surface area contributed by atoms with E-state index in [2.05, 4.69) is 0 Å². The average molecular weight is 372 g/mol. The number of anilines is 1. The number of hydrogen-bond acceptors (Lipinski definition) is 7. The smallest absolute Gasteiger partial charge is 0.279 e. The van der Waals surface area contributed by atoms with Gasteiger partial charge in [0.15, 0.2) is 5.88 Å². The topological polar surface area (TPSA) is 160 Å². The zero-order valence-electron chi connectivity index (χ0n) is 13.5. The number of benzene rings is 1. The normalized spacial score (nSPS) is 13.4. The van der Waals surface area contributed by atoms with Crippen molar-refractivity contribution in [3.05, 3.63) is 65.2 Å². The first-order valence-corrected chi connectivity index (χ1v) is 7.06. The van der Waals surface area contributed by atoms with Crippen molar-refractivity contribution in [1.29, 1.82) is 0 Å². The van der Waals surface area contributed by atoms with Crippen molar-refractivity contribution in [3.63, 3.8) is 0 Å². The van der Waals surface area contributed by atoms with Crippen molar-refractivity contribution in [2.24, 2.45) is 28.8 Å². The second-order valence-electron chi connectivity index (χ2n) is 4.89. The fourth-order valence-corrected chi connectivity index (χ4v) is 1.63. The van der Waals surface area contributed by atoms with Crippen LogP contribution in [0.5, 0.6) is 0 Å². The second kappa shape index (κ2) is 9.22. The lowest BCUT2D eigenvalue weighted by molar-refractivity contribution is -0.114. The SMILES string of the molecule is NC(=O)/C(N)=C/C=C(\N)OC/C(=C(/N)C(F)F)N(N)c1ccc(F)cc1. The Kier molecular flexibility index (Phi) is 7.34. The number of carbonyl (C=O) groups is 1. The maximum absolute atomic E-state index is 13.0. The first-order chi connectivity index (χ1) is 12.1. The minimum absolute atomic E-state index is 0.189. The van der Waals surface area contributed by atoms with Crippen LogP contribution in [0.1, 0.15) is 0 Å². The molecule has 0 fully saturated rings.